The van der Waals surface area contributed by atoms with Crippen molar-refractivity contribution in [2.45, 2.75) is 23.3 Å². The Morgan fingerprint density at radius 2 is 2.20 bits per heavy atom. The van der Waals surface area contributed by atoms with Crippen molar-refractivity contribution in [3.8, 4) is 0 Å². The first-order valence-electron chi connectivity index (χ1n) is 3.08. The van der Waals surface area contributed by atoms with Gasteiger partial charge in [0.15, 0.2) is 5.78 Å². The van der Waals surface area contributed by atoms with Gasteiger partial charge in [-0.1, -0.05) is 22.6 Å². The predicted octanol–water partition coefficient (Wildman–Crippen LogP) is 0.268. The molecule has 0 bridgehead atoms. The normalized spacial score (nSPS) is 33.8. The number of carbonyl (C=O) groups is 2. The van der Waals surface area contributed by atoms with Crippen molar-refractivity contribution in [1.29, 1.82) is 0 Å². The van der Waals surface area contributed by atoms with Crippen LogP contribution >= 0.6 is 22.6 Å². The van der Waals surface area contributed by atoms with E-state index < -0.39 is 3.92 Å². The SMILES string of the molecule is CC1CC(=O)C(I)C(=O)N1. The van der Waals surface area contributed by atoms with Gasteiger partial charge in [0.25, 0.3) is 0 Å². The second kappa shape index (κ2) is 2.86. The minimum absolute atomic E-state index is 0.0195. The molecule has 0 aromatic heterocycles. The van der Waals surface area contributed by atoms with E-state index in [1.807, 2.05) is 29.5 Å². The Labute approximate surface area is 72.7 Å². The van der Waals surface area contributed by atoms with Crippen molar-refractivity contribution >= 4 is 34.3 Å². The highest BCUT2D eigenvalue weighted by molar-refractivity contribution is 14.1. The van der Waals surface area contributed by atoms with E-state index in [0.29, 0.717) is 6.42 Å². The summed E-state index contributed by atoms with van der Waals surface area (Å²) in [6.45, 7) is 1.83. The maximum atomic E-state index is 10.9. The predicted molar refractivity (Wildman–Crippen MR) is 45.0 cm³/mol. The molecule has 2 atom stereocenters. The highest BCUT2D eigenvalue weighted by Crippen LogP contribution is 2.12. The van der Waals surface area contributed by atoms with Gasteiger partial charge in [-0.3, -0.25) is 9.59 Å². The van der Waals surface area contributed by atoms with Gasteiger partial charge >= 0.3 is 0 Å². The highest BCUT2D eigenvalue weighted by atomic mass is 127. The Bertz CT molecular complexity index is 163. The molecule has 0 aliphatic carbocycles. The van der Waals surface area contributed by atoms with Crippen molar-refractivity contribution < 1.29 is 9.59 Å². The molecule has 1 N–H and O–H groups in total. The number of Topliss-reactive ketones (excluding diaryl/α,β-unsaturated/α-hetero) is 1. The molecule has 56 valence electrons. The first kappa shape index (κ1) is 7.97. The van der Waals surface area contributed by atoms with Crippen LogP contribution in [0.3, 0.4) is 0 Å². The molecule has 1 saturated heterocycles. The number of ketones is 1. The zero-order chi connectivity index (χ0) is 7.72. The molecule has 1 heterocycles. The van der Waals surface area contributed by atoms with Gasteiger partial charge in [-0.05, 0) is 6.92 Å². The summed E-state index contributed by atoms with van der Waals surface area (Å²) in [6, 6.07) is 0.0195. The van der Waals surface area contributed by atoms with Gasteiger partial charge < -0.3 is 5.32 Å². The minimum Gasteiger partial charge on any atom is -0.352 e. The number of alkyl halides is 1. The quantitative estimate of drug-likeness (QED) is 0.382. The van der Waals surface area contributed by atoms with Crippen molar-refractivity contribution in [3.05, 3.63) is 0 Å². The topological polar surface area (TPSA) is 46.2 Å². The lowest BCUT2D eigenvalue weighted by Crippen LogP contribution is -2.48. The summed E-state index contributed by atoms with van der Waals surface area (Å²) in [6.07, 6.45) is 0.472. The molecule has 1 fully saturated rings. The number of rotatable bonds is 0. The largest absolute Gasteiger partial charge is 0.352 e. The Hall–Kier alpha value is -0.130. The smallest absolute Gasteiger partial charge is 0.240 e. The first-order valence-corrected chi connectivity index (χ1v) is 4.33. The zero-order valence-corrected chi connectivity index (χ0v) is 7.71. The first-order chi connectivity index (χ1) is 4.61. The molecule has 2 unspecified atom stereocenters. The third-order valence-electron chi connectivity index (χ3n) is 1.41. The molecule has 1 aliphatic heterocycles. The molecule has 0 radical (unpaired) electrons. The van der Waals surface area contributed by atoms with Gasteiger partial charge in [0.2, 0.25) is 5.91 Å². The number of nitrogens with one attached hydrogen (secondary N) is 1. The summed E-state index contributed by atoms with van der Waals surface area (Å²) >= 11 is 1.86. The van der Waals surface area contributed by atoms with Crippen molar-refractivity contribution in [1.82, 2.24) is 5.32 Å². The number of piperidine rings is 1. The van der Waals surface area contributed by atoms with E-state index in [-0.39, 0.29) is 17.7 Å². The molecule has 0 spiro atoms. The minimum atomic E-state index is -0.464. The average molecular weight is 253 g/mol. The summed E-state index contributed by atoms with van der Waals surface area (Å²) in [4.78, 5) is 21.8. The van der Waals surface area contributed by atoms with Gasteiger partial charge in [-0.25, -0.2) is 0 Å². The van der Waals surface area contributed by atoms with E-state index in [1.54, 1.807) is 0 Å². The van der Waals surface area contributed by atoms with E-state index in [1.165, 1.54) is 0 Å². The molecule has 0 aromatic rings. The summed E-state index contributed by atoms with van der Waals surface area (Å²) < 4.78 is -0.464. The second-order valence-electron chi connectivity index (χ2n) is 2.44. The van der Waals surface area contributed by atoms with Crippen LogP contribution in [0.25, 0.3) is 0 Å². The molecule has 10 heavy (non-hydrogen) atoms. The van der Waals surface area contributed by atoms with Crippen molar-refractivity contribution in [2.24, 2.45) is 0 Å². The van der Waals surface area contributed by atoms with Crippen LogP contribution in [0.4, 0.5) is 0 Å². The Morgan fingerprint density at radius 1 is 1.60 bits per heavy atom. The molecule has 3 nitrogen and oxygen atoms in total. The maximum Gasteiger partial charge on any atom is 0.240 e. The molecular weight excluding hydrogens is 245 g/mol. The van der Waals surface area contributed by atoms with Crippen molar-refractivity contribution in [2.75, 3.05) is 0 Å². The zero-order valence-electron chi connectivity index (χ0n) is 5.56. The van der Waals surface area contributed by atoms with E-state index in [0.717, 1.165) is 0 Å². The number of halogens is 1. The molecule has 1 rings (SSSR count). The number of amides is 1. The summed E-state index contributed by atoms with van der Waals surface area (Å²) in [7, 11) is 0. The molecule has 4 heteroatoms. The fourth-order valence-corrected chi connectivity index (χ4v) is 1.35. The molecule has 0 aromatic carbocycles. The van der Waals surface area contributed by atoms with Crippen LogP contribution < -0.4 is 5.32 Å². The van der Waals surface area contributed by atoms with Crippen LogP contribution in [-0.4, -0.2) is 21.7 Å². The fraction of sp³-hybridized carbons (Fsp3) is 0.667. The highest BCUT2D eigenvalue weighted by Gasteiger charge is 2.30. The van der Waals surface area contributed by atoms with Crippen LogP contribution in [0.1, 0.15) is 13.3 Å². The van der Waals surface area contributed by atoms with Crippen LogP contribution in [0.15, 0.2) is 0 Å². The summed E-state index contributed by atoms with van der Waals surface area (Å²) in [5.74, 6) is -0.110. The van der Waals surface area contributed by atoms with Crippen LogP contribution in [0.2, 0.25) is 0 Å². The van der Waals surface area contributed by atoms with Gasteiger partial charge in [0.1, 0.15) is 3.92 Å². The Kier molecular flexibility index (Phi) is 2.28. The van der Waals surface area contributed by atoms with E-state index in [2.05, 4.69) is 5.32 Å². The van der Waals surface area contributed by atoms with E-state index in [9.17, 15) is 9.59 Å². The van der Waals surface area contributed by atoms with Crippen LogP contribution in [0.5, 0.6) is 0 Å². The van der Waals surface area contributed by atoms with E-state index >= 15 is 0 Å². The molecule has 1 amide bonds. The lowest BCUT2D eigenvalue weighted by atomic mass is 10.1. The third kappa shape index (κ3) is 1.47. The Balaban J connectivity index is 2.66. The lowest BCUT2D eigenvalue weighted by molar-refractivity contribution is -0.130. The van der Waals surface area contributed by atoms with Crippen LogP contribution in [0, 0.1) is 0 Å². The maximum absolute atomic E-state index is 10.9. The van der Waals surface area contributed by atoms with Crippen LogP contribution in [-0.2, 0) is 9.59 Å². The van der Waals surface area contributed by atoms with Crippen molar-refractivity contribution in [3.63, 3.8) is 0 Å². The summed E-state index contributed by atoms with van der Waals surface area (Å²) in [5.41, 5.74) is 0. The third-order valence-corrected chi connectivity index (χ3v) is 2.67. The number of hydrogen-bond acceptors (Lipinski definition) is 2. The van der Waals surface area contributed by atoms with Gasteiger partial charge in [0, 0.05) is 12.5 Å². The van der Waals surface area contributed by atoms with Gasteiger partial charge in [-0.2, -0.15) is 0 Å². The average Bonchev–Trinajstić information content (AvgIpc) is 1.82. The van der Waals surface area contributed by atoms with Gasteiger partial charge in [-0.15, -0.1) is 0 Å². The number of carbonyl (C=O) groups excluding carboxylic acids is 2. The standard InChI is InChI=1S/C6H8INO2/c1-3-2-4(9)5(7)6(10)8-3/h3,5H,2H2,1H3,(H,8,10). The molecule has 1 aliphatic rings. The summed E-state index contributed by atoms with van der Waals surface area (Å²) in [5, 5.41) is 2.69. The molecular formula is C6H8INO2. The fourth-order valence-electron chi connectivity index (χ4n) is 0.919. The van der Waals surface area contributed by atoms with Gasteiger partial charge in [0.05, 0.1) is 0 Å². The van der Waals surface area contributed by atoms with E-state index in [4.69, 9.17) is 0 Å². The second-order valence-corrected chi connectivity index (χ2v) is 3.69. The number of hydrogen-bond donors (Lipinski definition) is 1. The monoisotopic (exact) mass is 253 g/mol. The molecule has 0 saturated carbocycles. The Morgan fingerprint density at radius 3 is 2.70 bits per heavy atom. The lowest BCUT2D eigenvalue weighted by Gasteiger charge is -2.21.